The summed E-state index contributed by atoms with van der Waals surface area (Å²) in [5.74, 6) is -0.919. The lowest BCUT2D eigenvalue weighted by atomic mass is 10.0. The number of nitrogens with one attached hydrogen (secondary N) is 2. The molecule has 1 aromatic rings. The van der Waals surface area contributed by atoms with Gasteiger partial charge in [-0.2, -0.15) is 0 Å². The largest absolute Gasteiger partial charge is 0.481 e. The van der Waals surface area contributed by atoms with E-state index in [0.29, 0.717) is 24.2 Å². The molecule has 0 spiro atoms. The predicted octanol–water partition coefficient (Wildman–Crippen LogP) is 1.84. The third kappa shape index (κ3) is 5.26. The number of aromatic nitrogens is 1. The number of amides is 1. The first-order valence-electron chi connectivity index (χ1n) is 6.59. The van der Waals surface area contributed by atoms with Crippen LogP contribution < -0.4 is 5.32 Å². The van der Waals surface area contributed by atoms with E-state index in [9.17, 15) is 14.4 Å². The summed E-state index contributed by atoms with van der Waals surface area (Å²) >= 11 is 0. The van der Waals surface area contributed by atoms with Gasteiger partial charge in [0.25, 0.3) is 5.91 Å². The number of Topliss-reactive ketones (excluding diaryl/α,β-unsaturated/α-hetero) is 1. The van der Waals surface area contributed by atoms with Crippen LogP contribution in [0.5, 0.6) is 0 Å². The molecule has 1 atom stereocenters. The molecule has 1 heterocycles. The van der Waals surface area contributed by atoms with E-state index in [0.717, 1.165) is 6.42 Å². The summed E-state index contributed by atoms with van der Waals surface area (Å²) in [6, 6.07) is 1.52. The minimum Gasteiger partial charge on any atom is -0.481 e. The molecule has 1 amide bonds. The molecule has 0 radical (unpaired) electrons. The van der Waals surface area contributed by atoms with Gasteiger partial charge in [-0.3, -0.25) is 14.4 Å². The number of aliphatic carboxylic acids is 1. The Kier molecular flexibility index (Phi) is 5.96. The molecule has 6 nitrogen and oxygen atoms in total. The Morgan fingerprint density at radius 1 is 1.35 bits per heavy atom. The van der Waals surface area contributed by atoms with Crippen molar-refractivity contribution in [2.45, 2.75) is 33.1 Å². The monoisotopic (exact) mass is 280 g/mol. The SMILES string of the molecule is CC(=O)c1c[nH]c(C(=O)NCCC(C)CCC(=O)O)c1. The van der Waals surface area contributed by atoms with Gasteiger partial charge in [-0.15, -0.1) is 0 Å². The quantitative estimate of drug-likeness (QED) is 0.633. The lowest BCUT2D eigenvalue weighted by Gasteiger charge is -2.10. The molecule has 0 saturated carbocycles. The Hall–Kier alpha value is -2.11. The molecular weight excluding hydrogens is 260 g/mol. The van der Waals surface area contributed by atoms with Crippen LogP contribution in [-0.4, -0.2) is 34.3 Å². The van der Waals surface area contributed by atoms with Gasteiger partial charge >= 0.3 is 5.97 Å². The van der Waals surface area contributed by atoms with Crippen LogP contribution >= 0.6 is 0 Å². The van der Waals surface area contributed by atoms with Crippen molar-refractivity contribution < 1.29 is 19.5 Å². The molecule has 6 heteroatoms. The Morgan fingerprint density at radius 3 is 2.60 bits per heavy atom. The van der Waals surface area contributed by atoms with Crippen molar-refractivity contribution >= 4 is 17.7 Å². The lowest BCUT2D eigenvalue weighted by Crippen LogP contribution is -2.26. The number of H-pyrrole nitrogens is 1. The van der Waals surface area contributed by atoms with E-state index in [1.807, 2.05) is 6.92 Å². The van der Waals surface area contributed by atoms with Crippen molar-refractivity contribution in [3.8, 4) is 0 Å². The van der Waals surface area contributed by atoms with Gasteiger partial charge in [-0.25, -0.2) is 0 Å². The van der Waals surface area contributed by atoms with Gasteiger partial charge in [-0.05, 0) is 31.7 Å². The van der Waals surface area contributed by atoms with Crippen LogP contribution in [0.25, 0.3) is 0 Å². The molecule has 1 unspecified atom stereocenters. The minimum atomic E-state index is -0.802. The highest BCUT2D eigenvalue weighted by Crippen LogP contribution is 2.09. The summed E-state index contributed by atoms with van der Waals surface area (Å²) in [7, 11) is 0. The smallest absolute Gasteiger partial charge is 0.303 e. The zero-order valence-electron chi connectivity index (χ0n) is 11.7. The number of carbonyl (C=O) groups excluding carboxylic acids is 2. The van der Waals surface area contributed by atoms with E-state index in [2.05, 4.69) is 10.3 Å². The third-order valence-electron chi connectivity index (χ3n) is 3.11. The fraction of sp³-hybridized carbons (Fsp3) is 0.500. The van der Waals surface area contributed by atoms with E-state index in [1.54, 1.807) is 0 Å². The molecule has 20 heavy (non-hydrogen) atoms. The molecule has 0 aliphatic rings. The van der Waals surface area contributed by atoms with Crippen molar-refractivity contribution in [2.75, 3.05) is 6.54 Å². The average molecular weight is 280 g/mol. The molecule has 1 aromatic heterocycles. The maximum atomic E-state index is 11.8. The maximum absolute atomic E-state index is 11.8. The Bertz CT molecular complexity index is 493. The number of rotatable bonds is 8. The molecule has 110 valence electrons. The van der Waals surface area contributed by atoms with Crippen LogP contribution in [-0.2, 0) is 4.79 Å². The van der Waals surface area contributed by atoms with Crippen LogP contribution in [0, 0.1) is 5.92 Å². The summed E-state index contributed by atoms with van der Waals surface area (Å²) in [5, 5.41) is 11.3. The van der Waals surface area contributed by atoms with Crippen molar-refractivity contribution in [1.82, 2.24) is 10.3 Å². The van der Waals surface area contributed by atoms with Crippen molar-refractivity contribution in [1.29, 1.82) is 0 Å². The van der Waals surface area contributed by atoms with Crippen LogP contribution in [0.3, 0.4) is 0 Å². The number of carbonyl (C=O) groups is 3. The standard InChI is InChI=1S/C14H20N2O4/c1-9(3-4-13(18)19)5-6-15-14(20)12-7-11(8-16-12)10(2)17/h7-9,16H,3-6H2,1-2H3,(H,15,20)(H,18,19). The molecule has 3 N–H and O–H groups in total. The van der Waals surface area contributed by atoms with Gasteiger partial charge in [0.1, 0.15) is 5.69 Å². The summed E-state index contributed by atoms with van der Waals surface area (Å²) in [6.07, 6.45) is 2.97. The number of carboxylic acid groups (broad SMARTS) is 1. The van der Waals surface area contributed by atoms with Gasteiger partial charge in [-0.1, -0.05) is 6.92 Å². The maximum Gasteiger partial charge on any atom is 0.303 e. The second-order valence-corrected chi connectivity index (χ2v) is 4.94. The van der Waals surface area contributed by atoms with Crippen molar-refractivity contribution in [3.05, 3.63) is 23.5 Å². The van der Waals surface area contributed by atoms with Crippen LogP contribution in [0.4, 0.5) is 0 Å². The molecular formula is C14H20N2O4. The Labute approximate surface area is 117 Å². The number of hydrogen-bond acceptors (Lipinski definition) is 3. The second kappa shape index (κ2) is 7.47. The summed E-state index contributed by atoms with van der Waals surface area (Å²) < 4.78 is 0. The van der Waals surface area contributed by atoms with E-state index < -0.39 is 5.97 Å². The average Bonchev–Trinajstić information content (AvgIpc) is 2.86. The highest BCUT2D eigenvalue weighted by molar-refractivity contribution is 5.99. The van der Waals surface area contributed by atoms with Gasteiger partial charge in [0.2, 0.25) is 0 Å². The molecule has 0 bridgehead atoms. The molecule has 0 aromatic carbocycles. The highest BCUT2D eigenvalue weighted by atomic mass is 16.4. The third-order valence-corrected chi connectivity index (χ3v) is 3.11. The lowest BCUT2D eigenvalue weighted by molar-refractivity contribution is -0.137. The fourth-order valence-electron chi connectivity index (χ4n) is 1.77. The second-order valence-electron chi connectivity index (χ2n) is 4.94. The zero-order valence-corrected chi connectivity index (χ0v) is 11.7. The Morgan fingerprint density at radius 2 is 2.05 bits per heavy atom. The van der Waals surface area contributed by atoms with Gasteiger partial charge < -0.3 is 15.4 Å². The van der Waals surface area contributed by atoms with Crippen molar-refractivity contribution in [3.63, 3.8) is 0 Å². The summed E-state index contributed by atoms with van der Waals surface area (Å²) in [4.78, 5) is 36.1. The normalized spacial score (nSPS) is 11.9. The van der Waals surface area contributed by atoms with Crippen LogP contribution in [0.2, 0.25) is 0 Å². The summed E-state index contributed by atoms with van der Waals surface area (Å²) in [5.41, 5.74) is 0.832. The van der Waals surface area contributed by atoms with E-state index in [4.69, 9.17) is 5.11 Å². The first-order valence-corrected chi connectivity index (χ1v) is 6.59. The Balaban J connectivity index is 2.32. The van der Waals surface area contributed by atoms with E-state index >= 15 is 0 Å². The van der Waals surface area contributed by atoms with Gasteiger partial charge in [0.05, 0.1) is 0 Å². The number of carboxylic acids is 1. The zero-order chi connectivity index (χ0) is 15.1. The van der Waals surface area contributed by atoms with Crippen molar-refractivity contribution in [2.24, 2.45) is 5.92 Å². The predicted molar refractivity (Wildman–Crippen MR) is 73.8 cm³/mol. The fourth-order valence-corrected chi connectivity index (χ4v) is 1.77. The molecule has 0 saturated heterocycles. The molecule has 0 aliphatic carbocycles. The highest BCUT2D eigenvalue weighted by Gasteiger charge is 2.11. The molecule has 0 aliphatic heterocycles. The van der Waals surface area contributed by atoms with Crippen LogP contribution in [0.15, 0.2) is 12.3 Å². The van der Waals surface area contributed by atoms with Gasteiger partial charge in [0, 0.05) is 24.7 Å². The number of ketones is 1. The van der Waals surface area contributed by atoms with Gasteiger partial charge in [0.15, 0.2) is 5.78 Å². The van der Waals surface area contributed by atoms with E-state index in [1.165, 1.54) is 19.2 Å². The summed E-state index contributed by atoms with van der Waals surface area (Å²) in [6.45, 7) is 3.88. The number of aromatic amines is 1. The molecule has 0 fully saturated rings. The number of hydrogen-bond donors (Lipinski definition) is 3. The van der Waals surface area contributed by atoms with Crippen LogP contribution in [0.1, 0.15) is 54.0 Å². The minimum absolute atomic E-state index is 0.0948. The first-order chi connectivity index (χ1) is 9.40. The first kappa shape index (κ1) is 15.9. The van der Waals surface area contributed by atoms with E-state index in [-0.39, 0.29) is 24.0 Å². The molecule has 1 rings (SSSR count). The topological polar surface area (TPSA) is 99.3 Å².